The van der Waals surface area contributed by atoms with Gasteiger partial charge in [0.25, 0.3) is 0 Å². The maximum atomic E-state index is 13.2. The van der Waals surface area contributed by atoms with Gasteiger partial charge in [0.05, 0.1) is 11.4 Å². The normalized spacial score (nSPS) is 18.6. The number of aromatic amines is 1. The Morgan fingerprint density at radius 1 is 0.925 bits per heavy atom. The summed E-state index contributed by atoms with van der Waals surface area (Å²) in [4.78, 5) is 23.6. The zero-order chi connectivity index (χ0) is 27.2. The third-order valence-electron chi connectivity index (χ3n) is 7.67. The number of H-pyrrole nitrogens is 1. The van der Waals surface area contributed by atoms with Gasteiger partial charge in [-0.25, -0.2) is 24.6 Å². The van der Waals surface area contributed by atoms with Crippen molar-refractivity contribution >= 4 is 5.82 Å². The molecule has 3 aliphatic rings. The second-order valence-corrected chi connectivity index (χ2v) is 10.7. The third-order valence-corrected chi connectivity index (χ3v) is 7.67. The van der Waals surface area contributed by atoms with Crippen molar-refractivity contribution in [2.45, 2.75) is 45.3 Å². The van der Waals surface area contributed by atoms with Gasteiger partial charge in [-0.05, 0) is 56.2 Å². The summed E-state index contributed by atoms with van der Waals surface area (Å²) in [6.45, 7) is 6.71. The second kappa shape index (κ2) is 9.91. The van der Waals surface area contributed by atoms with Gasteiger partial charge in [-0.2, -0.15) is 9.49 Å². The van der Waals surface area contributed by atoms with Gasteiger partial charge in [0.2, 0.25) is 5.95 Å². The number of anilines is 1. The van der Waals surface area contributed by atoms with E-state index in [2.05, 4.69) is 47.2 Å². The fourth-order valence-electron chi connectivity index (χ4n) is 5.73. The number of nitrogens with one attached hydrogen (secondary N) is 1. The van der Waals surface area contributed by atoms with E-state index in [-0.39, 0.29) is 0 Å². The van der Waals surface area contributed by atoms with Crippen molar-refractivity contribution in [3.63, 3.8) is 0 Å². The maximum absolute atomic E-state index is 13.2. The highest BCUT2D eigenvalue weighted by Crippen LogP contribution is 2.35. The Balaban J connectivity index is 0.991. The molecule has 0 aromatic carbocycles. The van der Waals surface area contributed by atoms with Crippen molar-refractivity contribution in [1.82, 2.24) is 44.8 Å². The fraction of sp³-hybridized carbons (Fsp3) is 0.310. The number of aryl methyl sites for hydroxylation is 2. The van der Waals surface area contributed by atoms with Gasteiger partial charge in [-0.15, -0.1) is 5.10 Å². The van der Waals surface area contributed by atoms with Crippen LogP contribution >= 0.6 is 0 Å². The Hall–Kier alpha value is -4.51. The number of piperazine rings is 1. The van der Waals surface area contributed by atoms with E-state index in [1.165, 1.54) is 17.2 Å². The Kier molecular flexibility index (Phi) is 6.07. The lowest BCUT2D eigenvalue weighted by Gasteiger charge is -2.56. The summed E-state index contributed by atoms with van der Waals surface area (Å²) < 4.78 is 14.7. The van der Waals surface area contributed by atoms with Gasteiger partial charge in [0, 0.05) is 79.7 Å². The molecule has 2 atom stereocenters. The van der Waals surface area contributed by atoms with Crippen LogP contribution in [-0.2, 0) is 13.0 Å². The minimum absolute atomic E-state index is 0.480. The van der Waals surface area contributed by atoms with Crippen LogP contribution < -0.4 is 4.90 Å². The summed E-state index contributed by atoms with van der Waals surface area (Å²) in [5, 5.41) is 11.1. The SMILES string of the molecule is Cc1cc(Cc2cc(C)[nH]n2)nc(-c2ccc(N3CC4CC(C3)N4Cc3ccc(-n4ccc(F)n4)nc3)nc2)n1. The number of piperidine rings is 1. The molecule has 5 aromatic heterocycles. The molecule has 1 N–H and O–H groups in total. The summed E-state index contributed by atoms with van der Waals surface area (Å²) in [6.07, 6.45) is 7.16. The average Bonchev–Trinajstić information content (AvgIpc) is 3.59. The van der Waals surface area contributed by atoms with E-state index in [0.29, 0.717) is 30.1 Å². The average molecular weight is 537 g/mol. The molecule has 3 aliphatic heterocycles. The molecule has 3 fully saturated rings. The van der Waals surface area contributed by atoms with Gasteiger partial charge < -0.3 is 4.90 Å². The predicted octanol–water partition coefficient (Wildman–Crippen LogP) is 3.65. The van der Waals surface area contributed by atoms with Crippen LogP contribution in [0.15, 0.2) is 61.1 Å². The summed E-state index contributed by atoms with van der Waals surface area (Å²) in [5.41, 5.74) is 5.91. The van der Waals surface area contributed by atoms with Crippen molar-refractivity contribution < 1.29 is 4.39 Å². The van der Waals surface area contributed by atoms with E-state index in [1.807, 2.05) is 50.5 Å². The molecule has 0 amide bonds. The molecule has 202 valence electrons. The highest BCUT2D eigenvalue weighted by molar-refractivity contribution is 5.57. The van der Waals surface area contributed by atoms with Crippen molar-refractivity contribution in [3.05, 3.63) is 95.3 Å². The molecule has 11 heteroatoms. The number of halogens is 1. The first-order valence-electron chi connectivity index (χ1n) is 13.5. The van der Waals surface area contributed by atoms with E-state index < -0.39 is 5.95 Å². The molecular weight excluding hydrogens is 507 g/mol. The number of aromatic nitrogens is 8. The van der Waals surface area contributed by atoms with Gasteiger partial charge in [-0.1, -0.05) is 6.07 Å². The molecule has 0 saturated carbocycles. The molecule has 0 spiro atoms. The van der Waals surface area contributed by atoms with Crippen LogP contribution in [-0.4, -0.2) is 70.0 Å². The monoisotopic (exact) mass is 536 g/mol. The standard InChI is InChI=1S/C29H29FN10/c1-18-9-22(11-23-10-19(2)35-36-23)34-29(33-18)21-4-6-27(32-14-21)38-16-24-12-25(17-38)39(24)15-20-3-5-28(31-13-20)40-8-7-26(30)37-40/h3-10,13-14,24-25H,11-12,15-17H2,1-2H3,(H,35,36). The Morgan fingerprint density at radius 3 is 2.42 bits per heavy atom. The van der Waals surface area contributed by atoms with E-state index in [9.17, 15) is 4.39 Å². The molecule has 8 rings (SSSR count). The van der Waals surface area contributed by atoms with Crippen LogP contribution in [0.3, 0.4) is 0 Å². The summed E-state index contributed by atoms with van der Waals surface area (Å²) >= 11 is 0. The lowest BCUT2D eigenvalue weighted by molar-refractivity contribution is -0.00875. The first-order valence-corrected chi connectivity index (χ1v) is 13.5. The van der Waals surface area contributed by atoms with E-state index in [1.54, 1.807) is 6.20 Å². The number of pyridine rings is 2. The van der Waals surface area contributed by atoms with Gasteiger partial charge >= 0.3 is 0 Å². The maximum Gasteiger partial charge on any atom is 0.233 e. The Morgan fingerprint density at radius 2 is 1.75 bits per heavy atom. The summed E-state index contributed by atoms with van der Waals surface area (Å²) in [7, 11) is 0. The first-order chi connectivity index (χ1) is 19.5. The van der Waals surface area contributed by atoms with Crippen LogP contribution in [0.25, 0.3) is 17.2 Å². The van der Waals surface area contributed by atoms with Crippen molar-refractivity contribution in [1.29, 1.82) is 0 Å². The molecule has 8 heterocycles. The number of hydrogen-bond acceptors (Lipinski definition) is 8. The summed E-state index contributed by atoms with van der Waals surface area (Å²) in [6, 6.07) is 14.4. The molecule has 10 nitrogen and oxygen atoms in total. The molecule has 2 unspecified atom stereocenters. The second-order valence-electron chi connectivity index (χ2n) is 10.7. The number of fused-ring (bicyclic) bond motifs is 2. The van der Waals surface area contributed by atoms with Crippen molar-refractivity contribution in [2.75, 3.05) is 18.0 Å². The molecule has 3 saturated heterocycles. The minimum atomic E-state index is -0.512. The van der Waals surface area contributed by atoms with Crippen molar-refractivity contribution in [3.8, 4) is 17.2 Å². The van der Waals surface area contributed by atoms with Crippen LogP contribution in [0.1, 0.15) is 34.8 Å². The molecule has 40 heavy (non-hydrogen) atoms. The van der Waals surface area contributed by atoms with Crippen molar-refractivity contribution in [2.24, 2.45) is 0 Å². The fourth-order valence-corrected chi connectivity index (χ4v) is 5.73. The summed E-state index contributed by atoms with van der Waals surface area (Å²) in [5.74, 6) is 1.76. The first kappa shape index (κ1) is 24.5. The van der Waals surface area contributed by atoms with Gasteiger partial charge in [0.1, 0.15) is 5.82 Å². The lowest BCUT2D eigenvalue weighted by Crippen LogP contribution is -2.68. The highest BCUT2D eigenvalue weighted by Gasteiger charge is 2.44. The number of hydrogen-bond donors (Lipinski definition) is 1. The largest absolute Gasteiger partial charge is 0.353 e. The predicted molar refractivity (Wildman–Crippen MR) is 147 cm³/mol. The zero-order valence-electron chi connectivity index (χ0n) is 22.4. The van der Waals surface area contributed by atoms with Gasteiger partial charge in [-0.3, -0.25) is 10.00 Å². The molecule has 0 radical (unpaired) electrons. The molecule has 2 bridgehead atoms. The quantitative estimate of drug-likeness (QED) is 0.336. The van der Waals surface area contributed by atoms with Crippen LogP contribution in [0, 0.1) is 19.8 Å². The van der Waals surface area contributed by atoms with Gasteiger partial charge in [0.15, 0.2) is 11.6 Å². The molecule has 0 aliphatic carbocycles. The third kappa shape index (κ3) is 4.84. The highest BCUT2D eigenvalue weighted by atomic mass is 19.1. The van der Waals surface area contributed by atoms with Crippen LogP contribution in [0.2, 0.25) is 0 Å². The number of rotatable bonds is 7. The zero-order valence-corrected chi connectivity index (χ0v) is 22.4. The van der Waals surface area contributed by atoms with Crippen LogP contribution in [0.4, 0.5) is 10.2 Å². The van der Waals surface area contributed by atoms with Crippen LogP contribution in [0.5, 0.6) is 0 Å². The topological polar surface area (TPSA) is 105 Å². The van der Waals surface area contributed by atoms with E-state index in [0.717, 1.165) is 59.4 Å². The molecule has 5 aromatic rings. The van der Waals surface area contributed by atoms with E-state index in [4.69, 9.17) is 9.97 Å². The minimum Gasteiger partial charge on any atom is -0.353 e. The Labute approximate surface area is 231 Å². The smallest absolute Gasteiger partial charge is 0.233 e. The number of nitrogens with zero attached hydrogens (tertiary/aromatic N) is 9. The Bertz CT molecular complexity index is 1630. The lowest BCUT2D eigenvalue weighted by atomic mass is 9.87. The van der Waals surface area contributed by atoms with E-state index >= 15 is 0 Å². The molecular formula is C29H29FN10.